The van der Waals surface area contributed by atoms with Crippen LogP contribution in [0.25, 0.3) is 6.08 Å². The van der Waals surface area contributed by atoms with Gasteiger partial charge in [-0.15, -0.1) is 0 Å². The molecule has 0 aliphatic heterocycles. The summed E-state index contributed by atoms with van der Waals surface area (Å²) in [5.74, 6) is -0.288. The van der Waals surface area contributed by atoms with Gasteiger partial charge in [0.05, 0.1) is 0 Å². The van der Waals surface area contributed by atoms with E-state index in [4.69, 9.17) is 0 Å². The Morgan fingerprint density at radius 2 is 1.56 bits per heavy atom. The number of rotatable bonds is 8. The molecule has 1 N–H and O–H groups in total. The lowest BCUT2D eigenvalue weighted by atomic mass is 9.87. The van der Waals surface area contributed by atoms with E-state index in [-0.39, 0.29) is 11.2 Å². The summed E-state index contributed by atoms with van der Waals surface area (Å²) < 4.78 is 0. The first-order chi connectivity index (χ1) is 15.2. The van der Waals surface area contributed by atoms with E-state index in [0.717, 1.165) is 18.7 Å². The highest BCUT2D eigenvalue weighted by Crippen LogP contribution is 2.22. The molecule has 0 aliphatic carbocycles. The summed E-state index contributed by atoms with van der Waals surface area (Å²) in [6.07, 6.45) is 3.05. The molecule has 0 radical (unpaired) electrons. The van der Waals surface area contributed by atoms with Crippen LogP contribution in [0.4, 0.5) is 0 Å². The zero-order chi connectivity index (χ0) is 23.1. The first-order valence-electron chi connectivity index (χ1n) is 11.1. The van der Waals surface area contributed by atoms with Gasteiger partial charge in [-0.1, -0.05) is 112 Å². The molecule has 32 heavy (non-hydrogen) atoms. The molecular weight excluding hydrogens is 394 g/mol. The van der Waals surface area contributed by atoms with Crippen LogP contribution in [-0.2, 0) is 12.0 Å². The minimum Gasteiger partial charge on any atom is -0.380 e. The first kappa shape index (κ1) is 23.6. The summed E-state index contributed by atoms with van der Waals surface area (Å²) in [5, 5.41) is 10.3. The average Bonchev–Trinajstić information content (AvgIpc) is 2.79. The molecular formula is C29H33NO2. The highest BCUT2D eigenvalue weighted by molar-refractivity contribution is 6.00. The lowest BCUT2D eigenvalue weighted by molar-refractivity contribution is 0.0747. The lowest BCUT2D eigenvalue weighted by Gasteiger charge is -2.20. The van der Waals surface area contributed by atoms with Crippen molar-refractivity contribution in [3.05, 3.63) is 113 Å². The highest BCUT2D eigenvalue weighted by Gasteiger charge is 2.18. The van der Waals surface area contributed by atoms with Crippen LogP contribution in [0.15, 0.2) is 84.9 Å². The van der Waals surface area contributed by atoms with Crippen LogP contribution in [0.1, 0.15) is 59.5 Å². The first-order valence-corrected chi connectivity index (χ1v) is 11.1. The molecule has 3 aromatic rings. The summed E-state index contributed by atoms with van der Waals surface area (Å²) in [6, 6.07) is 25.2. The molecule has 3 nitrogen and oxygen atoms in total. The predicted octanol–water partition coefficient (Wildman–Crippen LogP) is 6.05. The van der Waals surface area contributed by atoms with Crippen molar-refractivity contribution in [2.75, 3.05) is 13.6 Å². The maximum Gasteiger partial charge on any atom is 0.195 e. The van der Waals surface area contributed by atoms with Crippen molar-refractivity contribution in [2.45, 2.75) is 38.8 Å². The standard InChI is InChI=1S/C29H33NO2/c1-29(2,3)26-18-14-23(15-19-26)21-30(4)20-8-9-22-12-16-25(17-13-22)28(32)27(31)24-10-6-5-7-11-24/h5-19,27,31H,20-21H2,1-4H3. The van der Waals surface area contributed by atoms with Crippen LogP contribution >= 0.6 is 0 Å². The molecule has 1 unspecified atom stereocenters. The molecule has 0 amide bonds. The fraction of sp³-hybridized carbons (Fsp3) is 0.276. The van der Waals surface area contributed by atoms with E-state index in [1.165, 1.54) is 11.1 Å². The number of Topliss-reactive ketones (excluding diaryl/α,β-unsaturated/α-hetero) is 1. The largest absolute Gasteiger partial charge is 0.380 e. The Labute approximate surface area is 192 Å². The van der Waals surface area contributed by atoms with Gasteiger partial charge >= 0.3 is 0 Å². The van der Waals surface area contributed by atoms with E-state index >= 15 is 0 Å². The van der Waals surface area contributed by atoms with Crippen LogP contribution in [0.3, 0.4) is 0 Å². The molecule has 3 rings (SSSR count). The normalized spacial score (nSPS) is 12.9. The Bertz CT molecular complexity index is 1030. The Morgan fingerprint density at radius 1 is 0.938 bits per heavy atom. The van der Waals surface area contributed by atoms with Crippen LogP contribution in [-0.4, -0.2) is 29.4 Å². The van der Waals surface area contributed by atoms with Gasteiger partial charge in [0.2, 0.25) is 0 Å². The molecule has 0 heterocycles. The number of nitrogens with zero attached hydrogens (tertiary/aromatic N) is 1. The number of ketones is 1. The van der Waals surface area contributed by atoms with Gasteiger partial charge in [-0.25, -0.2) is 0 Å². The molecule has 0 fully saturated rings. The van der Waals surface area contributed by atoms with Crippen LogP contribution < -0.4 is 0 Å². The van der Waals surface area contributed by atoms with Gasteiger partial charge in [-0.3, -0.25) is 9.69 Å². The van der Waals surface area contributed by atoms with Gasteiger partial charge in [-0.2, -0.15) is 0 Å². The summed E-state index contributed by atoms with van der Waals surface area (Å²) >= 11 is 0. The fourth-order valence-corrected chi connectivity index (χ4v) is 3.56. The Morgan fingerprint density at radius 3 is 2.16 bits per heavy atom. The molecule has 3 heteroatoms. The molecule has 3 aromatic carbocycles. The van der Waals surface area contributed by atoms with Crippen LogP contribution in [0.2, 0.25) is 0 Å². The summed E-state index contributed by atoms with van der Waals surface area (Å²) in [6.45, 7) is 8.40. The monoisotopic (exact) mass is 427 g/mol. The van der Waals surface area contributed by atoms with Crippen molar-refractivity contribution in [3.8, 4) is 0 Å². The molecule has 0 saturated heterocycles. The minimum atomic E-state index is -1.14. The summed E-state index contributed by atoms with van der Waals surface area (Å²) in [5.41, 5.74) is 4.97. The van der Waals surface area contributed by atoms with Gasteiger partial charge in [0, 0.05) is 18.7 Å². The molecule has 1 atom stereocenters. The number of hydrogen-bond acceptors (Lipinski definition) is 3. The van der Waals surface area contributed by atoms with Crippen molar-refractivity contribution in [2.24, 2.45) is 0 Å². The smallest absolute Gasteiger partial charge is 0.195 e. The lowest BCUT2D eigenvalue weighted by Crippen LogP contribution is -2.18. The second kappa shape index (κ2) is 10.5. The van der Waals surface area contributed by atoms with E-state index in [2.05, 4.69) is 69.1 Å². The number of hydrogen-bond donors (Lipinski definition) is 1. The van der Waals surface area contributed by atoms with Gasteiger partial charge in [0.1, 0.15) is 6.10 Å². The maximum atomic E-state index is 12.5. The van der Waals surface area contributed by atoms with Crippen LogP contribution in [0, 0.1) is 0 Å². The number of benzene rings is 3. The zero-order valence-electron chi connectivity index (χ0n) is 19.5. The number of aliphatic hydroxyl groups excluding tert-OH is 1. The summed E-state index contributed by atoms with van der Waals surface area (Å²) in [7, 11) is 2.11. The van der Waals surface area contributed by atoms with Crippen molar-refractivity contribution in [3.63, 3.8) is 0 Å². The van der Waals surface area contributed by atoms with Gasteiger partial charge < -0.3 is 5.11 Å². The van der Waals surface area contributed by atoms with Crippen molar-refractivity contribution in [1.82, 2.24) is 4.90 Å². The topological polar surface area (TPSA) is 40.5 Å². The van der Waals surface area contributed by atoms with E-state index in [9.17, 15) is 9.90 Å². The fourth-order valence-electron chi connectivity index (χ4n) is 3.56. The molecule has 0 saturated carbocycles. The van der Waals surface area contributed by atoms with Crippen molar-refractivity contribution in [1.29, 1.82) is 0 Å². The third-order valence-corrected chi connectivity index (χ3v) is 5.56. The number of carbonyl (C=O) groups is 1. The van der Waals surface area contributed by atoms with Gasteiger partial charge in [0.15, 0.2) is 5.78 Å². The molecule has 0 aromatic heterocycles. The van der Waals surface area contributed by atoms with Gasteiger partial charge in [0.25, 0.3) is 0 Å². The molecule has 0 spiro atoms. The average molecular weight is 428 g/mol. The highest BCUT2D eigenvalue weighted by atomic mass is 16.3. The Kier molecular flexibility index (Phi) is 7.79. The van der Waals surface area contributed by atoms with E-state index in [1.807, 2.05) is 30.3 Å². The zero-order valence-corrected chi connectivity index (χ0v) is 19.5. The Hall–Kier alpha value is -3.01. The molecule has 166 valence electrons. The third kappa shape index (κ3) is 6.49. The molecule has 0 aliphatic rings. The quantitative estimate of drug-likeness (QED) is 0.445. The second-order valence-corrected chi connectivity index (χ2v) is 9.35. The van der Waals surface area contributed by atoms with E-state index in [0.29, 0.717) is 11.1 Å². The van der Waals surface area contributed by atoms with E-state index in [1.54, 1.807) is 24.3 Å². The SMILES string of the molecule is CN(CC=Cc1ccc(C(=O)C(O)c2ccccc2)cc1)Cc1ccc(C(C)(C)C)cc1. The number of carbonyl (C=O) groups excluding carboxylic acids is 1. The maximum absolute atomic E-state index is 12.5. The van der Waals surface area contributed by atoms with Crippen molar-refractivity contribution >= 4 is 11.9 Å². The number of aliphatic hydroxyl groups is 1. The Balaban J connectivity index is 1.52. The summed E-state index contributed by atoms with van der Waals surface area (Å²) in [4.78, 5) is 14.8. The van der Waals surface area contributed by atoms with E-state index < -0.39 is 6.10 Å². The molecule has 0 bridgehead atoms. The third-order valence-electron chi connectivity index (χ3n) is 5.56. The minimum absolute atomic E-state index is 0.174. The van der Waals surface area contributed by atoms with Crippen molar-refractivity contribution < 1.29 is 9.90 Å². The second-order valence-electron chi connectivity index (χ2n) is 9.35. The van der Waals surface area contributed by atoms with Gasteiger partial charge in [-0.05, 0) is 34.7 Å². The number of likely N-dealkylation sites (N-methyl/N-ethyl adjacent to an activating group) is 1. The van der Waals surface area contributed by atoms with Crippen LogP contribution in [0.5, 0.6) is 0 Å². The predicted molar refractivity (Wildman–Crippen MR) is 133 cm³/mol.